The fourth-order valence-corrected chi connectivity index (χ4v) is 4.52. The maximum atomic E-state index is 13.4. The topological polar surface area (TPSA) is 57.7 Å². The fourth-order valence-electron chi connectivity index (χ4n) is 3.02. The highest BCUT2D eigenvalue weighted by atomic mass is 35.5. The molecule has 0 spiro atoms. The van der Waals surface area contributed by atoms with Crippen molar-refractivity contribution in [2.45, 2.75) is 18.4 Å². The zero-order valence-electron chi connectivity index (χ0n) is 17.1. The highest BCUT2D eigenvalue weighted by molar-refractivity contribution is 7.89. The molecule has 0 unspecified atom stereocenters. The first-order chi connectivity index (χ1) is 14.7. The van der Waals surface area contributed by atoms with Gasteiger partial charge in [-0.05, 0) is 66.6 Å². The van der Waals surface area contributed by atoms with Crippen LogP contribution in [-0.2, 0) is 21.4 Å². The van der Waals surface area contributed by atoms with Crippen LogP contribution < -0.4 is 4.90 Å². The number of rotatable bonds is 7. The standard InChI is InChI=1S/C23H22ClFN2O3S/c1-17-5-3-4-6-18(17)15-27(31(29,30)22-13-7-19(24)8-14-22)16-23(28)26(2)21-11-9-20(25)10-12-21/h3-14H,15-16H2,1-2H3. The van der Waals surface area contributed by atoms with Gasteiger partial charge in [0.1, 0.15) is 5.82 Å². The van der Waals surface area contributed by atoms with Crippen LogP contribution in [0.25, 0.3) is 0 Å². The minimum atomic E-state index is -3.98. The molecule has 0 radical (unpaired) electrons. The number of sulfonamides is 1. The van der Waals surface area contributed by atoms with E-state index in [4.69, 9.17) is 11.6 Å². The summed E-state index contributed by atoms with van der Waals surface area (Å²) in [5, 5.41) is 0.413. The van der Waals surface area contributed by atoms with Gasteiger partial charge in [-0.1, -0.05) is 35.9 Å². The van der Waals surface area contributed by atoms with Crippen molar-refractivity contribution in [3.63, 3.8) is 0 Å². The first kappa shape index (κ1) is 22.9. The van der Waals surface area contributed by atoms with Crippen LogP contribution in [0.2, 0.25) is 5.02 Å². The van der Waals surface area contributed by atoms with E-state index >= 15 is 0 Å². The molecule has 0 heterocycles. The number of carbonyl (C=O) groups is 1. The lowest BCUT2D eigenvalue weighted by molar-refractivity contribution is -0.118. The monoisotopic (exact) mass is 460 g/mol. The van der Waals surface area contributed by atoms with Crippen molar-refractivity contribution >= 4 is 33.2 Å². The highest BCUT2D eigenvalue weighted by Crippen LogP contribution is 2.22. The van der Waals surface area contributed by atoms with E-state index in [1.165, 1.54) is 60.5 Å². The minimum absolute atomic E-state index is 0.0284. The van der Waals surface area contributed by atoms with Crippen LogP contribution in [-0.4, -0.2) is 32.2 Å². The zero-order valence-corrected chi connectivity index (χ0v) is 18.7. The normalized spacial score (nSPS) is 11.5. The molecule has 0 N–H and O–H groups in total. The Hall–Kier alpha value is -2.74. The molecule has 3 aromatic carbocycles. The second-order valence-corrected chi connectivity index (χ2v) is 9.46. The molecule has 0 fully saturated rings. The number of hydrogen-bond donors (Lipinski definition) is 0. The van der Waals surface area contributed by atoms with Gasteiger partial charge in [-0.25, -0.2) is 12.8 Å². The third kappa shape index (κ3) is 5.50. The second-order valence-electron chi connectivity index (χ2n) is 7.08. The number of benzene rings is 3. The van der Waals surface area contributed by atoms with E-state index in [-0.39, 0.29) is 18.0 Å². The molecule has 0 aliphatic carbocycles. The molecule has 0 aromatic heterocycles. The summed E-state index contributed by atoms with van der Waals surface area (Å²) in [6.45, 7) is 1.53. The van der Waals surface area contributed by atoms with Gasteiger partial charge in [0.25, 0.3) is 0 Å². The third-order valence-corrected chi connectivity index (χ3v) is 7.02. The highest BCUT2D eigenvalue weighted by Gasteiger charge is 2.28. The SMILES string of the molecule is Cc1ccccc1CN(CC(=O)N(C)c1ccc(F)cc1)S(=O)(=O)c1ccc(Cl)cc1. The molecule has 162 valence electrons. The van der Waals surface area contributed by atoms with Crippen LogP contribution in [0.4, 0.5) is 10.1 Å². The van der Waals surface area contributed by atoms with Crippen molar-refractivity contribution < 1.29 is 17.6 Å². The molecule has 0 aliphatic heterocycles. The smallest absolute Gasteiger partial charge is 0.243 e. The van der Waals surface area contributed by atoms with Gasteiger partial charge in [0.05, 0.1) is 11.4 Å². The van der Waals surface area contributed by atoms with Crippen LogP contribution >= 0.6 is 11.6 Å². The summed E-state index contributed by atoms with van der Waals surface area (Å²) in [5.74, 6) is -0.867. The van der Waals surface area contributed by atoms with Gasteiger partial charge in [-0.2, -0.15) is 4.31 Å². The molecule has 8 heteroatoms. The fraction of sp³-hybridized carbons (Fsp3) is 0.174. The van der Waals surface area contributed by atoms with Crippen molar-refractivity contribution in [3.8, 4) is 0 Å². The number of likely N-dealkylation sites (N-methyl/N-ethyl adjacent to an activating group) is 1. The molecule has 0 aliphatic rings. The number of aryl methyl sites for hydroxylation is 1. The number of nitrogens with zero attached hydrogens (tertiary/aromatic N) is 2. The molecule has 1 amide bonds. The van der Waals surface area contributed by atoms with E-state index < -0.39 is 21.7 Å². The molecule has 0 atom stereocenters. The van der Waals surface area contributed by atoms with Crippen LogP contribution in [0, 0.1) is 12.7 Å². The Morgan fingerprint density at radius 3 is 2.19 bits per heavy atom. The van der Waals surface area contributed by atoms with E-state index in [1.807, 2.05) is 31.2 Å². The summed E-state index contributed by atoms with van der Waals surface area (Å²) in [5.41, 5.74) is 2.17. The van der Waals surface area contributed by atoms with Gasteiger partial charge in [0, 0.05) is 24.3 Å². The van der Waals surface area contributed by atoms with Gasteiger partial charge in [0.2, 0.25) is 15.9 Å². The van der Waals surface area contributed by atoms with Crippen LogP contribution in [0.5, 0.6) is 0 Å². The molecule has 0 saturated heterocycles. The molecule has 5 nitrogen and oxygen atoms in total. The Kier molecular flexibility index (Phi) is 7.10. The average Bonchev–Trinajstić information content (AvgIpc) is 2.75. The number of carbonyl (C=O) groups excluding carboxylic acids is 1. The Balaban J connectivity index is 1.93. The van der Waals surface area contributed by atoms with Crippen molar-refractivity contribution in [1.82, 2.24) is 4.31 Å². The first-order valence-electron chi connectivity index (χ1n) is 9.51. The summed E-state index contributed by atoms with van der Waals surface area (Å²) in [6.07, 6.45) is 0. The third-order valence-electron chi connectivity index (χ3n) is 4.96. The lowest BCUT2D eigenvalue weighted by Crippen LogP contribution is -2.41. The lowest BCUT2D eigenvalue weighted by Gasteiger charge is -2.25. The number of halogens is 2. The van der Waals surface area contributed by atoms with E-state index in [9.17, 15) is 17.6 Å². The molecular formula is C23H22ClFN2O3S. The number of anilines is 1. The molecule has 31 heavy (non-hydrogen) atoms. The largest absolute Gasteiger partial charge is 0.314 e. The number of hydrogen-bond acceptors (Lipinski definition) is 3. The van der Waals surface area contributed by atoms with Crippen LogP contribution in [0.15, 0.2) is 77.7 Å². The summed E-state index contributed by atoms with van der Waals surface area (Å²) in [4.78, 5) is 14.3. The van der Waals surface area contributed by atoms with E-state index in [1.54, 1.807) is 0 Å². The van der Waals surface area contributed by atoms with Gasteiger partial charge in [-0.3, -0.25) is 4.79 Å². The maximum absolute atomic E-state index is 13.4. The van der Waals surface area contributed by atoms with Gasteiger partial charge >= 0.3 is 0 Å². The van der Waals surface area contributed by atoms with E-state index in [0.29, 0.717) is 10.7 Å². The lowest BCUT2D eigenvalue weighted by atomic mass is 10.1. The Morgan fingerprint density at radius 1 is 0.968 bits per heavy atom. The molecule has 0 saturated carbocycles. The summed E-state index contributed by atoms with van der Waals surface area (Å²) >= 11 is 5.90. The van der Waals surface area contributed by atoms with Crippen molar-refractivity contribution in [1.29, 1.82) is 0 Å². The molecule has 3 rings (SSSR count). The van der Waals surface area contributed by atoms with Crippen molar-refractivity contribution in [2.75, 3.05) is 18.5 Å². The average molecular weight is 461 g/mol. The van der Waals surface area contributed by atoms with Crippen LogP contribution in [0.3, 0.4) is 0 Å². The molecular weight excluding hydrogens is 439 g/mol. The van der Waals surface area contributed by atoms with E-state index in [2.05, 4.69) is 0 Å². The van der Waals surface area contributed by atoms with Crippen molar-refractivity contribution in [2.24, 2.45) is 0 Å². The number of amides is 1. The zero-order chi connectivity index (χ0) is 22.6. The van der Waals surface area contributed by atoms with Crippen molar-refractivity contribution in [3.05, 3.63) is 94.8 Å². The predicted molar refractivity (Wildman–Crippen MR) is 120 cm³/mol. The Morgan fingerprint density at radius 2 is 1.58 bits per heavy atom. The summed E-state index contributed by atoms with van der Waals surface area (Å²) in [6, 6.07) is 18.6. The van der Waals surface area contributed by atoms with Gasteiger partial charge in [0.15, 0.2) is 0 Å². The van der Waals surface area contributed by atoms with E-state index in [0.717, 1.165) is 15.4 Å². The second kappa shape index (κ2) is 9.60. The summed E-state index contributed by atoms with van der Waals surface area (Å²) < 4.78 is 41.1. The first-order valence-corrected chi connectivity index (χ1v) is 11.3. The molecule has 3 aromatic rings. The quantitative estimate of drug-likeness (QED) is 0.516. The predicted octanol–water partition coefficient (Wildman–Crippen LogP) is 4.64. The minimum Gasteiger partial charge on any atom is -0.314 e. The van der Waals surface area contributed by atoms with Crippen LogP contribution in [0.1, 0.15) is 11.1 Å². The van der Waals surface area contributed by atoms with Gasteiger partial charge < -0.3 is 4.90 Å². The van der Waals surface area contributed by atoms with Gasteiger partial charge in [-0.15, -0.1) is 0 Å². The molecule has 0 bridgehead atoms. The Labute approximate surface area is 186 Å². The Bertz CT molecular complexity index is 1170. The summed E-state index contributed by atoms with van der Waals surface area (Å²) in [7, 11) is -2.46. The maximum Gasteiger partial charge on any atom is 0.243 e.